The molecule has 0 spiro atoms. The number of hydroxylamine groups is 2. The van der Waals surface area contributed by atoms with Crippen LogP contribution in [0, 0.1) is 5.92 Å². The molecule has 0 aromatic heterocycles. The Morgan fingerprint density at radius 2 is 2.05 bits per heavy atom. The summed E-state index contributed by atoms with van der Waals surface area (Å²) in [5.41, 5.74) is 4.22. The summed E-state index contributed by atoms with van der Waals surface area (Å²) in [7, 11) is 1.17. The molecule has 0 radical (unpaired) electrons. The van der Waals surface area contributed by atoms with Crippen molar-refractivity contribution in [3.05, 3.63) is 0 Å². The van der Waals surface area contributed by atoms with E-state index in [2.05, 4.69) is 10.2 Å². The Labute approximate surface area is 112 Å². The van der Waals surface area contributed by atoms with E-state index in [0.717, 1.165) is 19.3 Å². The Kier molecular flexibility index (Phi) is 9.15. The molecule has 3 amide bonds. The quantitative estimate of drug-likeness (QED) is 0.257. The SMILES string of the molecule is CCCCCC(CN(O)C=O)C(=O)NNC(=O)OC. The van der Waals surface area contributed by atoms with E-state index < -0.39 is 17.9 Å². The molecule has 0 bridgehead atoms. The summed E-state index contributed by atoms with van der Waals surface area (Å²) >= 11 is 0. The highest BCUT2D eigenvalue weighted by molar-refractivity contribution is 5.81. The Bertz CT molecular complexity index is 298. The number of carbonyl (C=O) groups excluding carboxylic acids is 3. The number of rotatable bonds is 8. The molecule has 0 aromatic rings. The van der Waals surface area contributed by atoms with Gasteiger partial charge in [-0.25, -0.2) is 15.3 Å². The molecular formula is C11H21N3O5. The summed E-state index contributed by atoms with van der Waals surface area (Å²) in [5, 5.41) is 9.54. The maximum atomic E-state index is 11.8. The fourth-order valence-electron chi connectivity index (χ4n) is 1.48. The maximum absolute atomic E-state index is 11.8. The van der Waals surface area contributed by atoms with Crippen LogP contribution in [-0.2, 0) is 14.3 Å². The van der Waals surface area contributed by atoms with E-state index in [1.807, 2.05) is 12.3 Å². The van der Waals surface area contributed by atoms with E-state index >= 15 is 0 Å². The van der Waals surface area contributed by atoms with E-state index in [9.17, 15) is 14.4 Å². The van der Waals surface area contributed by atoms with Crippen LogP contribution in [0.4, 0.5) is 4.79 Å². The van der Waals surface area contributed by atoms with E-state index in [1.165, 1.54) is 7.11 Å². The van der Waals surface area contributed by atoms with Gasteiger partial charge in [0.1, 0.15) is 0 Å². The smallest absolute Gasteiger partial charge is 0.425 e. The minimum absolute atomic E-state index is 0.123. The molecule has 0 saturated carbocycles. The molecule has 1 atom stereocenters. The predicted octanol–water partition coefficient (Wildman–Crippen LogP) is 0.418. The van der Waals surface area contributed by atoms with Gasteiger partial charge in [-0.15, -0.1) is 0 Å². The fraction of sp³-hybridized carbons (Fsp3) is 0.727. The Morgan fingerprint density at radius 3 is 2.58 bits per heavy atom. The average Bonchev–Trinajstić information content (AvgIpc) is 2.43. The normalized spacial score (nSPS) is 11.3. The first-order valence-electron chi connectivity index (χ1n) is 6.09. The molecule has 0 rings (SSSR count). The van der Waals surface area contributed by atoms with Crippen LogP contribution in [0.3, 0.4) is 0 Å². The summed E-state index contributed by atoms with van der Waals surface area (Å²) in [6.07, 6.45) is 2.67. The third-order valence-corrected chi connectivity index (χ3v) is 2.53. The molecule has 0 aliphatic carbocycles. The highest BCUT2D eigenvalue weighted by Crippen LogP contribution is 2.11. The lowest BCUT2D eigenvalue weighted by atomic mass is 10.0. The predicted molar refractivity (Wildman–Crippen MR) is 65.9 cm³/mol. The van der Waals surface area contributed by atoms with Gasteiger partial charge in [-0.3, -0.25) is 20.2 Å². The second kappa shape index (κ2) is 10.1. The van der Waals surface area contributed by atoms with Gasteiger partial charge >= 0.3 is 6.09 Å². The number of nitrogens with one attached hydrogen (secondary N) is 2. The lowest BCUT2D eigenvalue weighted by molar-refractivity contribution is -0.154. The first-order chi connectivity index (χ1) is 9.04. The molecule has 0 aliphatic heterocycles. The number of nitrogens with zero attached hydrogens (tertiary/aromatic N) is 1. The van der Waals surface area contributed by atoms with Crippen molar-refractivity contribution in [2.24, 2.45) is 5.92 Å². The van der Waals surface area contributed by atoms with E-state index in [1.54, 1.807) is 0 Å². The summed E-state index contributed by atoms with van der Waals surface area (Å²) < 4.78 is 4.30. The van der Waals surface area contributed by atoms with E-state index in [0.29, 0.717) is 11.5 Å². The summed E-state index contributed by atoms with van der Waals surface area (Å²) in [4.78, 5) is 32.9. The van der Waals surface area contributed by atoms with Gasteiger partial charge in [-0.1, -0.05) is 26.2 Å². The zero-order valence-corrected chi connectivity index (χ0v) is 11.2. The van der Waals surface area contributed by atoms with Gasteiger partial charge in [0.05, 0.1) is 19.6 Å². The highest BCUT2D eigenvalue weighted by atomic mass is 16.5. The monoisotopic (exact) mass is 275 g/mol. The number of amides is 3. The Balaban J connectivity index is 4.31. The Hall–Kier alpha value is -1.83. The standard InChI is InChI=1S/C11H21N3O5/c1-3-4-5-6-9(7-14(18)8-15)10(16)12-13-11(17)19-2/h8-9,18H,3-7H2,1-2H3,(H,12,16)(H,13,17). The number of hydrazine groups is 1. The second-order valence-corrected chi connectivity index (χ2v) is 4.03. The van der Waals surface area contributed by atoms with E-state index in [4.69, 9.17) is 5.21 Å². The van der Waals surface area contributed by atoms with Crippen molar-refractivity contribution < 1.29 is 24.3 Å². The summed E-state index contributed by atoms with van der Waals surface area (Å²) in [5.74, 6) is -1.08. The number of carbonyl (C=O) groups is 3. The minimum Gasteiger partial charge on any atom is -0.452 e. The zero-order valence-electron chi connectivity index (χ0n) is 11.2. The van der Waals surface area contributed by atoms with Crippen molar-refractivity contribution in [3.63, 3.8) is 0 Å². The molecule has 0 aliphatic rings. The van der Waals surface area contributed by atoms with Crippen molar-refractivity contribution in [3.8, 4) is 0 Å². The van der Waals surface area contributed by atoms with Gasteiger partial charge in [-0.05, 0) is 6.42 Å². The van der Waals surface area contributed by atoms with Gasteiger partial charge in [0.15, 0.2) is 0 Å². The zero-order chi connectivity index (χ0) is 14.7. The van der Waals surface area contributed by atoms with Gasteiger partial charge in [0, 0.05) is 0 Å². The molecule has 0 heterocycles. The number of unbranched alkanes of at least 4 members (excludes halogenated alkanes) is 2. The van der Waals surface area contributed by atoms with E-state index in [-0.39, 0.29) is 13.0 Å². The number of hydrogen-bond donors (Lipinski definition) is 3. The van der Waals surface area contributed by atoms with Crippen LogP contribution >= 0.6 is 0 Å². The Morgan fingerprint density at radius 1 is 1.37 bits per heavy atom. The van der Waals surface area contributed by atoms with Crippen molar-refractivity contribution in [2.45, 2.75) is 32.6 Å². The lowest BCUT2D eigenvalue weighted by Crippen LogP contribution is -2.46. The van der Waals surface area contributed by atoms with Crippen molar-refractivity contribution in [1.29, 1.82) is 0 Å². The van der Waals surface area contributed by atoms with Crippen molar-refractivity contribution in [1.82, 2.24) is 15.9 Å². The van der Waals surface area contributed by atoms with Crippen LogP contribution in [0.25, 0.3) is 0 Å². The number of methoxy groups -OCH3 is 1. The average molecular weight is 275 g/mol. The maximum Gasteiger partial charge on any atom is 0.425 e. The van der Waals surface area contributed by atoms with Crippen molar-refractivity contribution in [2.75, 3.05) is 13.7 Å². The molecular weight excluding hydrogens is 254 g/mol. The topological polar surface area (TPSA) is 108 Å². The lowest BCUT2D eigenvalue weighted by Gasteiger charge is -2.19. The number of ether oxygens (including phenoxy) is 1. The third-order valence-electron chi connectivity index (χ3n) is 2.53. The summed E-state index contributed by atoms with van der Waals surface area (Å²) in [6, 6.07) is 0. The first-order valence-corrected chi connectivity index (χ1v) is 6.09. The molecule has 0 fully saturated rings. The van der Waals surface area contributed by atoms with Crippen LogP contribution in [0.1, 0.15) is 32.6 Å². The van der Waals surface area contributed by atoms with Crippen LogP contribution in [0.15, 0.2) is 0 Å². The van der Waals surface area contributed by atoms with Crippen LogP contribution in [0.2, 0.25) is 0 Å². The molecule has 0 aromatic carbocycles. The van der Waals surface area contributed by atoms with Crippen LogP contribution in [0.5, 0.6) is 0 Å². The van der Waals surface area contributed by atoms with Gasteiger partial charge in [0.2, 0.25) is 12.3 Å². The number of hydrogen-bond acceptors (Lipinski definition) is 5. The minimum atomic E-state index is -0.795. The highest BCUT2D eigenvalue weighted by Gasteiger charge is 2.21. The molecule has 0 saturated heterocycles. The first kappa shape index (κ1) is 17.2. The van der Waals surface area contributed by atoms with Gasteiger partial charge in [0.25, 0.3) is 0 Å². The molecule has 1 unspecified atom stereocenters. The van der Waals surface area contributed by atoms with Gasteiger partial charge in [-0.2, -0.15) is 0 Å². The molecule has 110 valence electrons. The second-order valence-electron chi connectivity index (χ2n) is 4.03. The summed E-state index contributed by atoms with van der Waals surface area (Å²) in [6.45, 7) is 1.90. The largest absolute Gasteiger partial charge is 0.452 e. The van der Waals surface area contributed by atoms with Gasteiger partial charge < -0.3 is 4.74 Å². The van der Waals surface area contributed by atoms with Crippen molar-refractivity contribution >= 4 is 18.4 Å². The fourth-order valence-corrected chi connectivity index (χ4v) is 1.48. The molecule has 19 heavy (non-hydrogen) atoms. The third kappa shape index (κ3) is 7.98. The molecule has 8 nitrogen and oxygen atoms in total. The molecule has 3 N–H and O–H groups in total. The molecule has 8 heteroatoms. The van der Waals surface area contributed by atoms with Crippen LogP contribution in [-0.4, -0.2) is 42.3 Å². The van der Waals surface area contributed by atoms with Crippen LogP contribution < -0.4 is 10.9 Å².